The number of benzene rings is 3. The predicted octanol–water partition coefficient (Wildman–Crippen LogP) is 3.86. The Morgan fingerprint density at radius 1 is 1.10 bits per heavy atom. The van der Waals surface area contributed by atoms with Crippen LogP contribution in [0.4, 0.5) is 0 Å². The molecule has 0 saturated carbocycles. The number of carbonyl (C=O) groups excluding carboxylic acids is 1. The van der Waals surface area contributed by atoms with Gasteiger partial charge in [-0.1, -0.05) is 36.4 Å². The Morgan fingerprint density at radius 3 is 2.68 bits per heavy atom. The Bertz CT molecular complexity index is 1150. The lowest BCUT2D eigenvalue weighted by atomic mass is 9.84. The summed E-state index contributed by atoms with van der Waals surface area (Å²) in [5.41, 5.74) is 1.68. The van der Waals surface area contributed by atoms with Crippen molar-refractivity contribution in [3.05, 3.63) is 65.7 Å². The number of rotatable bonds is 6. The van der Waals surface area contributed by atoms with E-state index in [0.29, 0.717) is 6.54 Å². The molecule has 31 heavy (non-hydrogen) atoms. The second-order valence-electron chi connectivity index (χ2n) is 8.29. The topological polar surface area (TPSA) is 60.0 Å². The molecule has 1 N–H and O–H groups in total. The van der Waals surface area contributed by atoms with E-state index >= 15 is 0 Å². The zero-order valence-electron chi connectivity index (χ0n) is 17.8. The minimum atomic E-state index is -0.516. The first-order valence-corrected chi connectivity index (χ1v) is 10.5. The van der Waals surface area contributed by atoms with Crippen molar-refractivity contribution in [2.45, 2.75) is 32.0 Å². The first-order chi connectivity index (χ1) is 15.1. The highest BCUT2D eigenvalue weighted by Gasteiger charge is 2.46. The van der Waals surface area contributed by atoms with Gasteiger partial charge in [0.2, 0.25) is 12.7 Å². The van der Waals surface area contributed by atoms with Gasteiger partial charge in [0.05, 0.1) is 12.6 Å². The molecule has 2 aliphatic rings. The van der Waals surface area contributed by atoms with Crippen molar-refractivity contribution in [3.8, 4) is 17.2 Å². The third-order valence-electron chi connectivity index (χ3n) is 6.50. The highest BCUT2D eigenvalue weighted by molar-refractivity contribution is 5.91. The molecule has 1 amide bonds. The molecule has 1 atom stereocenters. The molecule has 1 saturated heterocycles. The average molecular weight is 418 g/mol. The van der Waals surface area contributed by atoms with Crippen LogP contribution in [0.2, 0.25) is 0 Å². The van der Waals surface area contributed by atoms with E-state index in [1.54, 1.807) is 7.11 Å². The molecule has 1 unspecified atom stereocenters. The smallest absolute Gasteiger partial charge is 0.240 e. The van der Waals surface area contributed by atoms with Gasteiger partial charge in [-0.25, -0.2) is 0 Å². The zero-order valence-corrected chi connectivity index (χ0v) is 17.8. The number of fused-ring (bicyclic) bond motifs is 2. The standard InChI is InChI=1S/C25H26N2O4/c1-25(24(28)26-14-17-7-9-22-23(13-17)31-16-30-22)11-12-27(25)15-18-8-10-21(29-2)20-6-4-3-5-19(18)20/h3-10,13H,11-12,14-16H2,1-2H3,(H,26,28). The molecule has 0 bridgehead atoms. The molecule has 2 heterocycles. The summed E-state index contributed by atoms with van der Waals surface area (Å²) >= 11 is 0. The molecule has 6 heteroatoms. The summed E-state index contributed by atoms with van der Waals surface area (Å²) < 4.78 is 16.3. The Balaban J connectivity index is 1.29. The largest absolute Gasteiger partial charge is 0.496 e. The molecule has 0 aromatic heterocycles. The number of likely N-dealkylation sites (tertiary alicyclic amines) is 1. The third-order valence-corrected chi connectivity index (χ3v) is 6.50. The van der Waals surface area contributed by atoms with E-state index < -0.39 is 5.54 Å². The monoisotopic (exact) mass is 418 g/mol. The highest BCUT2D eigenvalue weighted by atomic mass is 16.7. The fourth-order valence-corrected chi connectivity index (χ4v) is 4.40. The molecule has 6 nitrogen and oxygen atoms in total. The summed E-state index contributed by atoms with van der Waals surface area (Å²) in [6, 6.07) is 18.1. The summed E-state index contributed by atoms with van der Waals surface area (Å²) in [6.45, 7) is 4.35. The van der Waals surface area contributed by atoms with Crippen LogP contribution < -0.4 is 19.5 Å². The van der Waals surface area contributed by atoms with Gasteiger partial charge in [0, 0.05) is 25.0 Å². The first-order valence-electron chi connectivity index (χ1n) is 10.5. The normalized spacial score (nSPS) is 19.8. The second-order valence-corrected chi connectivity index (χ2v) is 8.29. The molecule has 5 rings (SSSR count). The molecule has 1 fully saturated rings. The van der Waals surface area contributed by atoms with Gasteiger partial charge in [0.15, 0.2) is 11.5 Å². The van der Waals surface area contributed by atoms with Gasteiger partial charge in [-0.05, 0) is 48.1 Å². The van der Waals surface area contributed by atoms with E-state index in [2.05, 4.69) is 28.4 Å². The van der Waals surface area contributed by atoms with E-state index in [4.69, 9.17) is 14.2 Å². The Hall–Kier alpha value is -3.25. The minimum Gasteiger partial charge on any atom is -0.496 e. The first kappa shape index (κ1) is 19.7. The molecule has 0 spiro atoms. The van der Waals surface area contributed by atoms with Gasteiger partial charge in [-0.15, -0.1) is 0 Å². The number of nitrogens with zero attached hydrogens (tertiary/aromatic N) is 1. The van der Waals surface area contributed by atoms with Crippen molar-refractivity contribution in [2.75, 3.05) is 20.4 Å². The SMILES string of the molecule is COc1ccc(CN2CCC2(C)C(=O)NCc2ccc3c(c2)OCO3)c2ccccc12. The van der Waals surface area contributed by atoms with E-state index in [1.807, 2.05) is 43.3 Å². The number of amides is 1. The van der Waals surface area contributed by atoms with E-state index in [1.165, 1.54) is 5.56 Å². The number of ether oxygens (including phenoxy) is 3. The van der Waals surface area contributed by atoms with Crippen LogP contribution in [0.15, 0.2) is 54.6 Å². The number of hydrogen-bond donors (Lipinski definition) is 1. The van der Waals surface area contributed by atoms with Crippen LogP contribution in [0, 0.1) is 0 Å². The van der Waals surface area contributed by atoms with Gasteiger partial charge < -0.3 is 19.5 Å². The highest BCUT2D eigenvalue weighted by Crippen LogP contribution is 2.36. The van der Waals surface area contributed by atoms with Gasteiger partial charge in [0.25, 0.3) is 0 Å². The predicted molar refractivity (Wildman–Crippen MR) is 118 cm³/mol. The Kier molecular flexibility index (Phi) is 4.94. The fraction of sp³-hybridized carbons (Fsp3) is 0.320. The summed E-state index contributed by atoms with van der Waals surface area (Å²) in [6.07, 6.45) is 0.841. The van der Waals surface area contributed by atoms with Crippen LogP contribution in [-0.4, -0.2) is 36.8 Å². The molecule has 3 aromatic rings. The van der Waals surface area contributed by atoms with Crippen LogP contribution in [0.1, 0.15) is 24.5 Å². The zero-order chi connectivity index (χ0) is 21.4. The summed E-state index contributed by atoms with van der Waals surface area (Å²) in [7, 11) is 1.69. The lowest BCUT2D eigenvalue weighted by Crippen LogP contribution is -2.65. The van der Waals surface area contributed by atoms with Crippen LogP contribution in [0.3, 0.4) is 0 Å². The van der Waals surface area contributed by atoms with Crippen molar-refractivity contribution < 1.29 is 19.0 Å². The molecule has 2 aliphatic heterocycles. The summed E-state index contributed by atoms with van der Waals surface area (Å²) in [4.78, 5) is 15.3. The maximum absolute atomic E-state index is 13.1. The van der Waals surface area contributed by atoms with Gasteiger partial charge in [-0.3, -0.25) is 9.69 Å². The van der Waals surface area contributed by atoms with Crippen molar-refractivity contribution in [3.63, 3.8) is 0 Å². The Morgan fingerprint density at radius 2 is 1.90 bits per heavy atom. The van der Waals surface area contributed by atoms with Gasteiger partial charge in [-0.2, -0.15) is 0 Å². The maximum Gasteiger partial charge on any atom is 0.240 e. The molecule has 160 valence electrons. The quantitative estimate of drug-likeness (QED) is 0.659. The molecule has 3 aromatic carbocycles. The van der Waals surface area contributed by atoms with E-state index in [0.717, 1.165) is 53.1 Å². The molecular weight excluding hydrogens is 392 g/mol. The Labute approximate surface area is 181 Å². The van der Waals surface area contributed by atoms with Crippen LogP contribution in [0.25, 0.3) is 10.8 Å². The van der Waals surface area contributed by atoms with Crippen molar-refractivity contribution in [1.29, 1.82) is 0 Å². The van der Waals surface area contributed by atoms with E-state index in [-0.39, 0.29) is 12.7 Å². The van der Waals surface area contributed by atoms with Crippen molar-refractivity contribution in [1.82, 2.24) is 10.2 Å². The molecule has 0 radical (unpaired) electrons. The average Bonchev–Trinajstić information content (AvgIpc) is 3.27. The van der Waals surface area contributed by atoms with Gasteiger partial charge >= 0.3 is 0 Å². The number of nitrogens with one attached hydrogen (secondary N) is 1. The minimum absolute atomic E-state index is 0.0502. The molecular formula is C25H26N2O4. The van der Waals surface area contributed by atoms with Crippen LogP contribution >= 0.6 is 0 Å². The number of hydrogen-bond acceptors (Lipinski definition) is 5. The van der Waals surface area contributed by atoms with Crippen LogP contribution in [0.5, 0.6) is 17.2 Å². The third kappa shape index (κ3) is 3.47. The van der Waals surface area contributed by atoms with Crippen LogP contribution in [-0.2, 0) is 17.9 Å². The second kappa shape index (κ2) is 7.78. The van der Waals surface area contributed by atoms with Crippen molar-refractivity contribution >= 4 is 16.7 Å². The number of carbonyl (C=O) groups is 1. The molecule has 0 aliphatic carbocycles. The lowest BCUT2D eigenvalue weighted by Gasteiger charge is -2.49. The lowest BCUT2D eigenvalue weighted by molar-refractivity contribution is -0.142. The van der Waals surface area contributed by atoms with E-state index in [9.17, 15) is 4.79 Å². The summed E-state index contributed by atoms with van der Waals surface area (Å²) in [5.74, 6) is 2.40. The maximum atomic E-state index is 13.1. The summed E-state index contributed by atoms with van der Waals surface area (Å²) in [5, 5.41) is 5.36. The van der Waals surface area contributed by atoms with Gasteiger partial charge in [0.1, 0.15) is 5.75 Å². The number of methoxy groups -OCH3 is 1. The van der Waals surface area contributed by atoms with Crippen molar-refractivity contribution in [2.24, 2.45) is 0 Å². The fourth-order valence-electron chi connectivity index (χ4n) is 4.40.